The number of benzene rings is 1. The molecular formula is C13H18ClNO2. The monoisotopic (exact) mass is 255 g/mol. The molecule has 4 heteroatoms. The maximum Gasteiger partial charge on any atom is 0.254 e. The lowest BCUT2D eigenvalue weighted by molar-refractivity contribution is 0.0764. The molecule has 0 aliphatic heterocycles. The molecule has 3 nitrogen and oxygen atoms in total. The topological polar surface area (TPSA) is 40.5 Å². The third-order valence-electron chi connectivity index (χ3n) is 2.67. The quantitative estimate of drug-likeness (QED) is 0.822. The fraction of sp³-hybridized carbons (Fsp3) is 0.462. The van der Waals surface area contributed by atoms with Gasteiger partial charge in [-0.3, -0.25) is 4.79 Å². The Hall–Kier alpha value is -1.22. The Kier molecular flexibility index (Phi) is 5.29. The van der Waals surface area contributed by atoms with E-state index in [4.69, 9.17) is 11.6 Å². The van der Waals surface area contributed by atoms with Crippen molar-refractivity contribution in [2.75, 3.05) is 19.0 Å². The maximum atomic E-state index is 12.2. The molecule has 0 spiro atoms. The molecule has 0 saturated heterocycles. The van der Waals surface area contributed by atoms with Crippen molar-refractivity contribution in [3.05, 3.63) is 29.3 Å². The van der Waals surface area contributed by atoms with Gasteiger partial charge in [-0.25, -0.2) is 0 Å². The van der Waals surface area contributed by atoms with Gasteiger partial charge in [0, 0.05) is 24.5 Å². The van der Waals surface area contributed by atoms with Gasteiger partial charge in [0.15, 0.2) is 0 Å². The highest BCUT2D eigenvalue weighted by molar-refractivity contribution is 6.17. The SMILES string of the molecule is CCN(CCCCl)C(=O)c1ccc(O)cc1C. The number of hydrogen-bond donors (Lipinski definition) is 1. The van der Waals surface area contributed by atoms with Gasteiger partial charge >= 0.3 is 0 Å². The highest BCUT2D eigenvalue weighted by Gasteiger charge is 2.15. The van der Waals surface area contributed by atoms with E-state index in [2.05, 4.69) is 0 Å². The summed E-state index contributed by atoms with van der Waals surface area (Å²) in [5.74, 6) is 0.733. The number of hydrogen-bond acceptors (Lipinski definition) is 2. The number of phenols is 1. The molecule has 1 N–H and O–H groups in total. The van der Waals surface area contributed by atoms with Crippen LogP contribution in [0.5, 0.6) is 5.75 Å². The van der Waals surface area contributed by atoms with E-state index >= 15 is 0 Å². The number of halogens is 1. The van der Waals surface area contributed by atoms with E-state index in [1.165, 1.54) is 6.07 Å². The largest absolute Gasteiger partial charge is 0.508 e. The van der Waals surface area contributed by atoms with Crippen LogP contribution in [0.15, 0.2) is 18.2 Å². The predicted octanol–water partition coefficient (Wildman–Crippen LogP) is 2.79. The molecule has 0 atom stereocenters. The average Bonchev–Trinajstić information content (AvgIpc) is 2.29. The minimum Gasteiger partial charge on any atom is -0.508 e. The van der Waals surface area contributed by atoms with Gasteiger partial charge in [-0.05, 0) is 44.0 Å². The summed E-state index contributed by atoms with van der Waals surface area (Å²) in [6.45, 7) is 5.10. The second-order valence-corrected chi connectivity index (χ2v) is 4.30. The lowest BCUT2D eigenvalue weighted by Crippen LogP contribution is -2.32. The Morgan fingerprint density at radius 1 is 1.47 bits per heavy atom. The molecule has 1 rings (SSSR count). The van der Waals surface area contributed by atoms with Crippen LogP contribution in [-0.2, 0) is 0 Å². The van der Waals surface area contributed by atoms with Crippen LogP contribution in [0.4, 0.5) is 0 Å². The van der Waals surface area contributed by atoms with Gasteiger partial charge in [-0.15, -0.1) is 11.6 Å². The summed E-state index contributed by atoms with van der Waals surface area (Å²) in [6.07, 6.45) is 0.790. The first kappa shape index (κ1) is 13.8. The molecule has 0 fully saturated rings. The Morgan fingerprint density at radius 2 is 2.18 bits per heavy atom. The number of carbonyl (C=O) groups excluding carboxylic acids is 1. The highest BCUT2D eigenvalue weighted by Crippen LogP contribution is 2.17. The molecule has 0 aliphatic rings. The first-order chi connectivity index (χ1) is 8.10. The fourth-order valence-corrected chi connectivity index (χ4v) is 1.83. The van der Waals surface area contributed by atoms with Crippen LogP contribution in [-0.4, -0.2) is 34.9 Å². The van der Waals surface area contributed by atoms with Crippen LogP contribution in [0, 0.1) is 6.92 Å². The highest BCUT2D eigenvalue weighted by atomic mass is 35.5. The van der Waals surface area contributed by atoms with Gasteiger partial charge < -0.3 is 10.0 Å². The van der Waals surface area contributed by atoms with E-state index in [-0.39, 0.29) is 11.7 Å². The number of carbonyl (C=O) groups is 1. The third kappa shape index (κ3) is 3.63. The van der Waals surface area contributed by atoms with E-state index in [9.17, 15) is 9.90 Å². The summed E-state index contributed by atoms with van der Waals surface area (Å²) in [4.78, 5) is 14.0. The standard InChI is InChI=1S/C13H18ClNO2/c1-3-15(8-4-7-14)13(17)12-6-5-11(16)9-10(12)2/h5-6,9,16H,3-4,7-8H2,1-2H3. The van der Waals surface area contributed by atoms with Gasteiger partial charge in [-0.1, -0.05) is 0 Å². The number of aromatic hydroxyl groups is 1. The molecule has 0 unspecified atom stereocenters. The first-order valence-electron chi connectivity index (χ1n) is 5.75. The van der Waals surface area contributed by atoms with Crippen molar-refractivity contribution in [1.29, 1.82) is 0 Å². The van der Waals surface area contributed by atoms with Crippen molar-refractivity contribution in [3.63, 3.8) is 0 Å². The molecule has 0 radical (unpaired) electrons. The van der Waals surface area contributed by atoms with Crippen LogP contribution < -0.4 is 0 Å². The number of phenolic OH excluding ortho intramolecular Hbond substituents is 1. The number of aryl methyl sites for hydroxylation is 1. The van der Waals surface area contributed by atoms with Crippen LogP contribution in [0.2, 0.25) is 0 Å². The zero-order valence-electron chi connectivity index (χ0n) is 10.2. The summed E-state index contributed by atoms with van der Waals surface area (Å²) in [5, 5.41) is 9.31. The Labute approximate surface area is 107 Å². The van der Waals surface area contributed by atoms with Gasteiger partial charge in [0.05, 0.1) is 0 Å². The summed E-state index contributed by atoms with van der Waals surface area (Å²) in [5.41, 5.74) is 1.43. The molecule has 1 aromatic rings. The lowest BCUT2D eigenvalue weighted by Gasteiger charge is -2.21. The van der Waals surface area contributed by atoms with Crippen LogP contribution in [0.1, 0.15) is 29.3 Å². The molecule has 17 heavy (non-hydrogen) atoms. The zero-order valence-corrected chi connectivity index (χ0v) is 11.0. The number of alkyl halides is 1. The number of amides is 1. The van der Waals surface area contributed by atoms with Crippen LogP contribution >= 0.6 is 11.6 Å². The Morgan fingerprint density at radius 3 is 2.71 bits per heavy atom. The molecule has 94 valence electrons. The van der Waals surface area contributed by atoms with Crippen LogP contribution in [0.3, 0.4) is 0 Å². The minimum atomic E-state index is -0.00452. The van der Waals surface area contributed by atoms with E-state index in [1.807, 2.05) is 13.8 Å². The molecule has 0 aliphatic carbocycles. The normalized spacial score (nSPS) is 10.3. The van der Waals surface area contributed by atoms with Crippen molar-refractivity contribution in [2.24, 2.45) is 0 Å². The number of nitrogens with zero attached hydrogens (tertiary/aromatic N) is 1. The second-order valence-electron chi connectivity index (χ2n) is 3.93. The minimum absolute atomic E-state index is 0.00452. The van der Waals surface area contributed by atoms with Crippen molar-refractivity contribution < 1.29 is 9.90 Å². The zero-order chi connectivity index (χ0) is 12.8. The van der Waals surface area contributed by atoms with Crippen LogP contribution in [0.25, 0.3) is 0 Å². The molecule has 1 amide bonds. The van der Waals surface area contributed by atoms with E-state index in [0.29, 0.717) is 24.5 Å². The van der Waals surface area contributed by atoms with Crippen molar-refractivity contribution in [1.82, 2.24) is 4.90 Å². The summed E-state index contributed by atoms with van der Waals surface area (Å²) in [7, 11) is 0. The summed E-state index contributed by atoms with van der Waals surface area (Å²) >= 11 is 5.63. The average molecular weight is 256 g/mol. The fourth-order valence-electron chi connectivity index (χ4n) is 1.71. The maximum absolute atomic E-state index is 12.2. The van der Waals surface area contributed by atoms with Crippen molar-refractivity contribution in [2.45, 2.75) is 20.3 Å². The van der Waals surface area contributed by atoms with Gasteiger partial charge in [0.25, 0.3) is 5.91 Å². The van der Waals surface area contributed by atoms with Gasteiger partial charge in [0.2, 0.25) is 0 Å². The molecule has 0 heterocycles. The van der Waals surface area contributed by atoms with E-state index in [1.54, 1.807) is 17.0 Å². The Balaban J connectivity index is 2.86. The van der Waals surface area contributed by atoms with E-state index < -0.39 is 0 Å². The van der Waals surface area contributed by atoms with E-state index in [0.717, 1.165) is 12.0 Å². The summed E-state index contributed by atoms with van der Waals surface area (Å²) < 4.78 is 0. The predicted molar refractivity (Wildman–Crippen MR) is 69.8 cm³/mol. The van der Waals surface area contributed by atoms with Gasteiger partial charge in [-0.2, -0.15) is 0 Å². The lowest BCUT2D eigenvalue weighted by atomic mass is 10.1. The van der Waals surface area contributed by atoms with Gasteiger partial charge in [0.1, 0.15) is 5.75 Å². The number of rotatable bonds is 5. The smallest absolute Gasteiger partial charge is 0.254 e. The summed E-state index contributed by atoms with van der Waals surface area (Å²) in [6, 6.07) is 4.80. The molecule has 0 bridgehead atoms. The molecule has 1 aromatic carbocycles. The molecule has 0 aromatic heterocycles. The molecular weight excluding hydrogens is 238 g/mol. The first-order valence-corrected chi connectivity index (χ1v) is 6.28. The van der Waals surface area contributed by atoms with Crippen molar-refractivity contribution >= 4 is 17.5 Å². The third-order valence-corrected chi connectivity index (χ3v) is 2.94. The second kappa shape index (κ2) is 6.50. The molecule has 0 saturated carbocycles. The Bertz CT molecular complexity index is 393. The van der Waals surface area contributed by atoms with Crippen molar-refractivity contribution in [3.8, 4) is 5.75 Å².